The maximum Gasteiger partial charge on any atom is 0.305 e. The fourth-order valence-corrected chi connectivity index (χ4v) is 6.78. The van der Waals surface area contributed by atoms with Crippen LogP contribution < -0.4 is 0 Å². The van der Waals surface area contributed by atoms with E-state index >= 15 is 0 Å². The summed E-state index contributed by atoms with van der Waals surface area (Å²) in [5.74, 6) is -0.162. The molecule has 0 saturated carbocycles. The molecule has 1 fully saturated rings. The van der Waals surface area contributed by atoms with E-state index in [-0.39, 0.29) is 37.9 Å². The van der Waals surface area contributed by atoms with Gasteiger partial charge in [0.2, 0.25) is 0 Å². The molecule has 1 rings (SSSR count). The van der Waals surface area contributed by atoms with Crippen LogP contribution in [0.3, 0.4) is 0 Å². The molecule has 310 valence electrons. The molecule has 0 spiro atoms. The van der Waals surface area contributed by atoms with Crippen LogP contribution >= 0.6 is 0 Å². The second-order valence-corrected chi connectivity index (χ2v) is 15.8. The van der Waals surface area contributed by atoms with Crippen LogP contribution in [-0.2, 0) is 23.8 Å². The van der Waals surface area contributed by atoms with Crippen LogP contribution in [0.2, 0.25) is 0 Å². The molecule has 0 aromatic rings. The number of carbonyl (C=O) groups excluding carboxylic acids is 2. The molecule has 0 aromatic carbocycles. The molecule has 0 radical (unpaired) electrons. The lowest BCUT2D eigenvalue weighted by atomic mass is 9.87. The molecule has 1 heterocycles. The number of rotatable bonds is 34. The third kappa shape index (κ3) is 29.2. The lowest BCUT2D eigenvalue weighted by Crippen LogP contribution is -2.43. The number of aliphatic hydroxyl groups excluding tert-OH is 4. The SMILES string of the molecule is CCCCC[C@H](O)/C=C/[C@H]1OC(O)C[C@H](O)[C@@H]1C/C=C\CCCC(=O)OC[C@@H](O)COC(=O)CCCCCCCCCCCCCCCCCC(C)C. The number of aliphatic hydroxyl groups is 4. The fourth-order valence-electron chi connectivity index (χ4n) is 6.78. The van der Waals surface area contributed by atoms with Gasteiger partial charge in [0.25, 0.3) is 0 Å². The third-order valence-electron chi connectivity index (χ3n) is 10.2. The number of esters is 2. The molecule has 9 nitrogen and oxygen atoms in total. The Balaban J connectivity index is 2.02. The number of hydrogen-bond acceptors (Lipinski definition) is 9. The van der Waals surface area contributed by atoms with E-state index in [0.717, 1.165) is 44.4 Å². The minimum Gasteiger partial charge on any atom is -0.463 e. The van der Waals surface area contributed by atoms with Gasteiger partial charge >= 0.3 is 11.9 Å². The first-order valence-electron chi connectivity index (χ1n) is 21.6. The number of ether oxygens (including phenoxy) is 3. The van der Waals surface area contributed by atoms with Gasteiger partial charge in [0.05, 0.1) is 18.3 Å². The monoisotopic (exact) mass is 753 g/mol. The first-order chi connectivity index (χ1) is 25.6. The molecule has 1 unspecified atom stereocenters. The molecule has 4 N–H and O–H groups in total. The number of hydrogen-bond donors (Lipinski definition) is 4. The average molecular weight is 753 g/mol. The number of unbranched alkanes of at least 4 members (excludes halogenated alkanes) is 17. The van der Waals surface area contributed by atoms with E-state index in [9.17, 15) is 30.0 Å². The maximum atomic E-state index is 12.1. The van der Waals surface area contributed by atoms with E-state index in [1.807, 2.05) is 12.2 Å². The van der Waals surface area contributed by atoms with E-state index in [0.29, 0.717) is 32.1 Å². The van der Waals surface area contributed by atoms with Crippen molar-refractivity contribution in [1.82, 2.24) is 0 Å². The van der Waals surface area contributed by atoms with Crippen molar-refractivity contribution in [1.29, 1.82) is 0 Å². The quantitative estimate of drug-likeness (QED) is 0.0287. The number of carbonyl (C=O) groups is 2. The highest BCUT2D eigenvalue weighted by atomic mass is 16.6. The maximum absolute atomic E-state index is 12.1. The smallest absolute Gasteiger partial charge is 0.305 e. The van der Waals surface area contributed by atoms with Gasteiger partial charge in [0.1, 0.15) is 19.3 Å². The molecule has 53 heavy (non-hydrogen) atoms. The lowest BCUT2D eigenvalue weighted by Gasteiger charge is -2.36. The topological polar surface area (TPSA) is 143 Å². The Labute approximate surface area is 323 Å². The standard InChI is InChI=1S/C44H80O9/c1-4-5-21-27-37(45)31-32-41-39(40(47)33-44(50)53-41)28-23-19-20-25-30-43(49)52-35-38(46)34-51-42(48)29-24-18-16-14-12-10-8-6-7-9-11-13-15-17-22-26-36(2)3/h19,23,31-32,36-41,44-47,50H,4-18,20-22,24-30,33-35H2,1-3H3/b23-19-,32-31+/t37-,38-,39-,40-,41+,44?/m0/s1. The Morgan fingerprint density at radius 1 is 0.698 bits per heavy atom. The van der Waals surface area contributed by atoms with Crippen LogP contribution in [0.25, 0.3) is 0 Å². The van der Waals surface area contributed by atoms with Crippen LogP contribution in [0.4, 0.5) is 0 Å². The van der Waals surface area contributed by atoms with Crippen molar-refractivity contribution in [2.45, 2.75) is 218 Å². The summed E-state index contributed by atoms with van der Waals surface area (Å²) in [6, 6.07) is 0. The zero-order chi connectivity index (χ0) is 38.9. The second-order valence-electron chi connectivity index (χ2n) is 15.8. The normalized spacial score (nSPS) is 20.4. The van der Waals surface area contributed by atoms with Crippen LogP contribution in [0.15, 0.2) is 24.3 Å². The van der Waals surface area contributed by atoms with Gasteiger partial charge in [-0.3, -0.25) is 9.59 Å². The molecule has 0 aromatic heterocycles. The van der Waals surface area contributed by atoms with Gasteiger partial charge in [0.15, 0.2) is 6.29 Å². The molecule has 6 atom stereocenters. The van der Waals surface area contributed by atoms with Crippen molar-refractivity contribution in [2.24, 2.45) is 11.8 Å². The van der Waals surface area contributed by atoms with Gasteiger partial charge in [-0.25, -0.2) is 0 Å². The van der Waals surface area contributed by atoms with Crippen molar-refractivity contribution < 1.29 is 44.2 Å². The minimum atomic E-state index is -1.05. The third-order valence-corrected chi connectivity index (χ3v) is 10.2. The predicted molar refractivity (Wildman–Crippen MR) is 213 cm³/mol. The van der Waals surface area contributed by atoms with Crippen LogP contribution in [0, 0.1) is 11.8 Å². The molecule has 1 aliphatic rings. The fraction of sp³-hybridized carbons (Fsp3) is 0.864. The average Bonchev–Trinajstić information content (AvgIpc) is 3.12. The summed E-state index contributed by atoms with van der Waals surface area (Å²) in [5, 5.41) is 40.8. The highest BCUT2D eigenvalue weighted by molar-refractivity contribution is 5.69. The van der Waals surface area contributed by atoms with E-state index < -0.39 is 36.7 Å². The molecular weight excluding hydrogens is 672 g/mol. The van der Waals surface area contributed by atoms with Crippen LogP contribution in [0.1, 0.15) is 188 Å². The molecule has 0 bridgehead atoms. The number of allylic oxidation sites excluding steroid dienone is 2. The van der Waals surface area contributed by atoms with E-state index in [4.69, 9.17) is 14.2 Å². The van der Waals surface area contributed by atoms with Crippen molar-refractivity contribution >= 4 is 11.9 Å². The summed E-state index contributed by atoms with van der Waals surface area (Å²) < 4.78 is 16.0. The molecule has 0 amide bonds. The van der Waals surface area contributed by atoms with Crippen LogP contribution in [0.5, 0.6) is 0 Å². The zero-order valence-electron chi connectivity index (χ0n) is 34.0. The molecule has 9 heteroatoms. The Bertz CT molecular complexity index is 936. The summed E-state index contributed by atoms with van der Waals surface area (Å²) in [7, 11) is 0. The van der Waals surface area contributed by atoms with Gasteiger partial charge < -0.3 is 34.6 Å². The molecule has 1 saturated heterocycles. The van der Waals surface area contributed by atoms with Gasteiger partial charge in [0, 0.05) is 25.2 Å². The summed E-state index contributed by atoms with van der Waals surface area (Å²) in [4.78, 5) is 24.2. The Kier molecular flexibility index (Phi) is 31.2. The Hall–Kier alpha value is -1.78. The first kappa shape index (κ1) is 49.2. The van der Waals surface area contributed by atoms with Gasteiger partial charge in [-0.1, -0.05) is 161 Å². The first-order valence-corrected chi connectivity index (χ1v) is 21.6. The summed E-state index contributed by atoms with van der Waals surface area (Å²) in [6.07, 6.45) is 30.1. The van der Waals surface area contributed by atoms with Gasteiger partial charge in [-0.2, -0.15) is 0 Å². The molecule has 1 aliphatic heterocycles. The van der Waals surface area contributed by atoms with Gasteiger partial charge in [-0.15, -0.1) is 0 Å². The lowest BCUT2D eigenvalue weighted by molar-refractivity contribution is -0.199. The van der Waals surface area contributed by atoms with E-state index in [2.05, 4.69) is 20.8 Å². The van der Waals surface area contributed by atoms with Gasteiger partial charge in [-0.05, 0) is 38.0 Å². The zero-order valence-corrected chi connectivity index (χ0v) is 34.0. The Morgan fingerprint density at radius 2 is 1.21 bits per heavy atom. The van der Waals surface area contributed by atoms with Crippen molar-refractivity contribution in [3.8, 4) is 0 Å². The Morgan fingerprint density at radius 3 is 1.75 bits per heavy atom. The largest absolute Gasteiger partial charge is 0.463 e. The molecular formula is C44H80O9. The van der Waals surface area contributed by atoms with E-state index in [1.165, 1.54) is 83.5 Å². The summed E-state index contributed by atoms with van der Waals surface area (Å²) in [6.45, 7) is 6.33. The highest BCUT2D eigenvalue weighted by Gasteiger charge is 2.35. The molecule has 0 aliphatic carbocycles. The van der Waals surface area contributed by atoms with E-state index in [1.54, 1.807) is 12.2 Å². The van der Waals surface area contributed by atoms with Crippen molar-refractivity contribution in [2.75, 3.05) is 13.2 Å². The minimum absolute atomic E-state index is 0.137. The highest BCUT2D eigenvalue weighted by Crippen LogP contribution is 2.29. The predicted octanol–water partition coefficient (Wildman–Crippen LogP) is 9.42. The second kappa shape index (κ2) is 33.5. The summed E-state index contributed by atoms with van der Waals surface area (Å²) in [5.41, 5.74) is 0. The van der Waals surface area contributed by atoms with Crippen molar-refractivity contribution in [3.05, 3.63) is 24.3 Å². The van der Waals surface area contributed by atoms with Crippen LogP contribution in [-0.4, -0.2) is 76.3 Å². The van der Waals surface area contributed by atoms with Crippen molar-refractivity contribution in [3.63, 3.8) is 0 Å². The summed E-state index contributed by atoms with van der Waals surface area (Å²) >= 11 is 0.